The van der Waals surface area contributed by atoms with E-state index in [-0.39, 0.29) is 0 Å². The Morgan fingerprint density at radius 2 is 1.60 bits per heavy atom. The van der Waals surface area contributed by atoms with Crippen LogP contribution in [0.15, 0.2) is 84.0 Å². The Morgan fingerprint density at radius 3 is 2.32 bits per heavy atom. The fraction of sp³-hybridized carbons (Fsp3) is 0. The normalized spacial score (nSPS) is 10.6. The molecule has 0 saturated carbocycles. The van der Waals surface area contributed by atoms with Crippen molar-refractivity contribution in [3.8, 4) is 5.75 Å². The lowest BCUT2D eigenvalue weighted by molar-refractivity contribution is 0.0735. The lowest BCUT2D eigenvalue weighted by Crippen LogP contribution is -2.08. The van der Waals surface area contributed by atoms with E-state index in [4.69, 9.17) is 16.3 Å². The van der Waals surface area contributed by atoms with E-state index in [0.29, 0.717) is 16.3 Å². The fourth-order valence-electron chi connectivity index (χ4n) is 2.10. The van der Waals surface area contributed by atoms with Crippen molar-refractivity contribution in [1.82, 2.24) is 0 Å². The molecule has 0 amide bonds. The summed E-state index contributed by atoms with van der Waals surface area (Å²) in [5.74, 6) is -0.0455. The maximum Gasteiger partial charge on any atom is 0.345 e. The molecular weight excluding hydrogens is 336 g/mol. The molecule has 3 rings (SSSR count). The molecule has 0 heterocycles. The third-order valence-electron chi connectivity index (χ3n) is 3.37. The highest BCUT2D eigenvalue weighted by Crippen LogP contribution is 2.19. The SMILES string of the molecule is O=C(Oc1ccc(/C=N/Nc2ccccc2)cc1)c1ccccc1Cl. The van der Waals surface area contributed by atoms with Gasteiger partial charge >= 0.3 is 5.97 Å². The predicted molar refractivity (Wildman–Crippen MR) is 101 cm³/mol. The minimum atomic E-state index is -0.488. The third-order valence-corrected chi connectivity index (χ3v) is 3.70. The molecule has 0 unspecified atom stereocenters. The highest BCUT2D eigenvalue weighted by molar-refractivity contribution is 6.33. The molecule has 0 aromatic heterocycles. The first-order chi connectivity index (χ1) is 12.2. The molecule has 3 aromatic carbocycles. The zero-order valence-corrected chi connectivity index (χ0v) is 14.0. The van der Waals surface area contributed by atoms with Gasteiger partial charge in [0.05, 0.1) is 22.5 Å². The van der Waals surface area contributed by atoms with Crippen LogP contribution < -0.4 is 10.2 Å². The Bertz CT molecular complexity index is 878. The second kappa shape index (κ2) is 8.13. The Hall–Kier alpha value is -3.11. The zero-order valence-electron chi connectivity index (χ0n) is 13.2. The number of rotatable bonds is 5. The zero-order chi connectivity index (χ0) is 17.5. The molecular formula is C20H15ClN2O2. The van der Waals surface area contributed by atoms with Crippen molar-refractivity contribution >= 4 is 29.5 Å². The summed E-state index contributed by atoms with van der Waals surface area (Å²) in [6, 6.07) is 23.5. The Balaban J connectivity index is 1.60. The van der Waals surface area contributed by atoms with Crippen LogP contribution in [0.3, 0.4) is 0 Å². The third kappa shape index (κ3) is 4.68. The molecule has 0 saturated heterocycles. The summed E-state index contributed by atoms with van der Waals surface area (Å²) in [7, 11) is 0. The van der Waals surface area contributed by atoms with Crippen LogP contribution in [0.25, 0.3) is 0 Å². The van der Waals surface area contributed by atoms with E-state index < -0.39 is 5.97 Å². The second-order valence-corrected chi connectivity index (χ2v) is 5.58. The van der Waals surface area contributed by atoms with Crippen LogP contribution in [0, 0.1) is 0 Å². The van der Waals surface area contributed by atoms with Crippen LogP contribution in [0.4, 0.5) is 5.69 Å². The highest BCUT2D eigenvalue weighted by Gasteiger charge is 2.11. The fourth-order valence-corrected chi connectivity index (χ4v) is 2.32. The molecule has 0 aliphatic heterocycles. The number of benzene rings is 3. The molecule has 0 spiro atoms. The van der Waals surface area contributed by atoms with Gasteiger partial charge in [-0.25, -0.2) is 4.79 Å². The van der Waals surface area contributed by atoms with Crippen LogP contribution in [0.5, 0.6) is 5.75 Å². The van der Waals surface area contributed by atoms with Gasteiger partial charge in [0.2, 0.25) is 0 Å². The lowest BCUT2D eigenvalue weighted by Gasteiger charge is -2.06. The van der Waals surface area contributed by atoms with Crippen molar-refractivity contribution in [2.45, 2.75) is 0 Å². The number of para-hydroxylation sites is 1. The molecule has 1 N–H and O–H groups in total. The van der Waals surface area contributed by atoms with E-state index in [9.17, 15) is 4.79 Å². The van der Waals surface area contributed by atoms with E-state index >= 15 is 0 Å². The standard InChI is InChI=1S/C20H15ClN2O2/c21-19-9-5-4-8-18(19)20(24)25-17-12-10-15(11-13-17)14-22-23-16-6-2-1-3-7-16/h1-14,23H/b22-14+. The summed E-state index contributed by atoms with van der Waals surface area (Å²) >= 11 is 5.99. The van der Waals surface area contributed by atoms with Crippen LogP contribution >= 0.6 is 11.6 Å². The Kier molecular flexibility index (Phi) is 5.44. The average molecular weight is 351 g/mol. The van der Waals surface area contributed by atoms with Crippen molar-refractivity contribution in [3.05, 3.63) is 95.0 Å². The van der Waals surface area contributed by atoms with E-state index in [1.807, 2.05) is 42.5 Å². The number of nitrogens with one attached hydrogen (secondary N) is 1. The quantitative estimate of drug-likeness (QED) is 0.305. The Morgan fingerprint density at radius 1 is 0.920 bits per heavy atom. The van der Waals surface area contributed by atoms with Gasteiger partial charge in [-0.1, -0.05) is 41.9 Å². The number of hydrazone groups is 1. The number of hydrogen-bond acceptors (Lipinski definition) is 4. The molecule has 0 radical (unpaired) electrons. The number of halogens is 1. The smallest absolute Gasteiger partial charge is 0.345 e. The maximum atomic E-state index is 12.1. The largest absolute Gasteiger partial charge is 0.423 e. The van der Waals surface area contributed by atoms with Gasteiger partial charge < -0.3 is 4.74 Å². The van der Waals surface area contributed by atoms with E-state index in [0.717, 1.165) is 11.3 Å². The van der Waals surface area contributed by atoms with Crippen molar-refractivity contribution in [3.63, 3.8) is 0 Å². The molecule has 4 nitrogen and oxygen atoms in total. The number of anilines is 1. The van der Waals surface area contributed by atoms with Gasteiger partial charge in [0.15, 0.2) is 0 Å². The number of hydrogen-bond donors (Lipinski definition) is 1. The molecule has 0 aliphatic carbocycles. The maximum absolute atomic E-state index is 12.1. The first-order valence-corrected chi connectivity index (χ1v) is 8.01. The van der Waals surface area contributed by atoms with Gasteiger partial charge in [-0.3, -0.25) is 5.43 Å². The number of nitrogens with zero attached hydrogens (tertiary/aromatic N) is 1. The monoisotopic (exact) mass is 350 g/mol. The predicted octanol–water partition coefficient (Wildman–Crippen LogP) is 5.01. The van der Waals surface area contributed by atoms with Crippen molar-refractivity contribution < 1.29 is 9.53 Å². The van der Waals surface area contributed by atoms with Crippen molar-refractivity contribution in [1.29, 1.82) is 0 Å². The number of carbonyl (C=O) groups excluding carboxylic acids is 1. The Labute approximate surface area is 150 Å². The van der Waals surface area contributed by atoms with Gasteiger partial charge in [0.25, 0.3) is 0 Å². The molecule has 0 atom stereocenters. The van der Waals surface area contributed by atoms with Crippen LogP contribution in [0.2, 0.25) is 5.02 Å². The second-order valence-electron chi connectivity index (χ2n) is 5.17. The lowest BCUT2D eigenvalue weighted by atomic mass is 10.2. The summed E-state index contributed by atoms with van der Waals surface area (Å²) in [6.07, 6.45) is 1.69. The highest BCUT2D eigenvalue weighted by atomic mass is 35.5. The molecule has 3 aromatic rings. The first kappa shape index (κ1) is 16.7. The van der Waals surface area contributed by atoms with E-state index in [2.05, 4.69) is 10.5 Å². The summed E-state index contributed by atoms with van der Waals surface area (Å²) in [6.45, 7) is 0. The van der Waals surface area contributed by atoms with Crippen molar-refractivity contribution in [2.24, 2.45) is 5.10 Å². The summed E-state index contributed by atoms with van der Waals surface area (Å²) in [5.41, 5.74) is 5.05. The van der Waals surface area contributed by atoms with Gasteiger partial charge in [-0.05, 0) is 54.1 Å². The van der Waals surface area contributed by atoms with Gasteiger partial charge in [0.1, 0.15) is 5.75 Å². The number of ether oxygens (including phenoxy) is 1. The molecule has 0 aliphatic rings. The summed E-state index contributed by atoms with van der Waals surface area (Å²) in [5, 5.41) is 4.53. The van der Waals surface area contributed by atoms with Gasteiger partial charge in [-0.15, -0.1) is 0 Å². The summed E-state index contributed by atoms with van der Waals surface area (Å²) in [4.78, 5) is 12.1. The molecule has 0 fully saturated rings. The van der Waals surface area contributed by atoms with Gasteiger partial charge in [-0.2, -0.15) is 5.10 Å². The summed E-state index contributed by atoms with van der Waals surface area (Å²) < 4.78 is 5.33. The number of esters is 1. The molecule has 25 heavy (non-hydrogen) atoms. The van der Waals surface area contributed by atoms with Crippen LogP contribution in [0.1, 0.15) is 15.9 Å². The van der Waals surface area contributed by atoms with E-state index in [1.54, 1.807) is 42.6 Å². The number of carbonyl (C=O) groups is 1. The molecule has 124 valence electrons. The molecule has 5 heteroatoms. The van der Waals surface area contributed by atoms with Gasteiger partial charge in [0, 0.05) is 0 Å². The minimum Gasteiger partial charge on any atom is -0.423 e. The minimum absolute atomic E-state index is 0.335. The molecule has 0 bridgehead atoms. The average Bonchev–Trinajstić information content (AvgIpc) is 2.64. The van der Waals surface area contributed by atoms with Crippen LogP contribution in [-0.4, -0.2) is 12.2 Å². The van der Waals surface area contributed by atoms with E-state index in [1.165, 1.54) is 0 Å². The van der Waals surface area contributed by atoms with Crippen LogP contribution in [-0.2, 0) is 0 Å². The van der Waals surface area contributed by atoms with Crippen molar-refractivity contribution in [2.75, 3.05) is 5.43 Å². The first-order valence-electron chi connectivity index (χ1n) is 7.63. The topological polar surface area (TPSA) is 50.7 Å².